The van der Waals surface area contributed by atoms with E-state index >= 15 is 0 Å². The fraction of sp³-hybridized carbons (Fsp3) is 0.308. The van der Waals surface area contributed by atoms with E-state index in [9.17, 15) is 13.2 Å². The molecule has 0 amide bonds. The van der Waals surface area contributed by atoms with Crippen molar-refractivity contribution < 1.29 is 17.9 Å². The van der Waals surface area contributed by atoms with Crippen molar-refractivity contribution in [2.75, 3.05) is 14.2 Å². The molecule has 0 aliphatic rings. The number of nitrogens with zero attached hydrogens (tertiary/aromatic N) is 1. The molecule has 1 atom stereocenters. The highest BCUT2D eigenvalue weighted by atomic mass is 79.9. The molecule has 1 aromatic heterocycles. The Morgan fingerprint density at radius 3 is 2.62 bits per heavy atom. The van der Waals surface area contributed by atoms with Gasteiger partial charge < -0.3 is 10.1 Å². The third-order valence-corrected chi connectivity index (χ3v) is 4.45. The van der Waals surface area contributed by atoms with Gasteiger partial charge in [-0.15, -0.1) is 11.3 Å². The number of halogens is 4. The molecule has 1 N–H and O–H groups in total. The van der Waals surface area contributed by atoms with Gasteiger partial charge in [-0.25, -0.2) is 4.98 Å². The SMILES string of the molecule is CNC(c1cnc(C(F)(F)F)s1)c1ccc(Br)cc1OC. The second kappa shape index (κ2) is 6.33. The summed E-state index contributed by atoms with van der Waals surface area (Å²) in [6.45, 7) is 0. The van der Waals surface area contributed by atoms with Crippen LogP contribution in [-0.2, 0) is 6.18 Å². The van der Waals surface area contributed by atoms with Gasteiger partial charge in [-0.05, 0) is 19.2 Å². The van der Waals surface area contributed by atoms with E-state index in [-0.39, 0.29) is 0 Å². The van der Waals surface area contributed by atoms with E-state index in [0.29, 0.717) is 22.0 Å². The molecule has 0 saturated heterocycles. The molecule has 0 spiro atoms. The fourth-order valence-electron chi connectivity index (χ4n) is 1.93. The first-order chi connectivity index (χ1) is 9.86. The van der Waals surface area contributed by atoms with Crippen molar-refractivity contribution in [2.24, 2.45) is 0 Å². The zero-order chi connectivity index (χ0) is 15.6. The van der Waals surface area contributed by atoms with E-state index < -0.39 is 17.2 Å². The molecule has 0 aliphatic carbocycles. The van der Waals surface area contributed by atoms with E-state index in [2.05, 4.69) is 26.2 Å². The lowest BCUT2D eigenvalue weighted by atomic mass is 10.0. The Bertz CT molecular complexity index is 630. The highest BCUT2D eigenvalue weighted by Crippen LogP contribution is 2.38. The number of hydrogen-bond acceptors (Lipinski definition) is 4. The molecular formula is C13H12BrF3N2OS. The van der Waals surface area contributed by atoms with Gasteiger partial charge in [0.2, 0.25) is 0 Å². The quantitative estimate of drug-likeness (QED) is 0.860. The first-order valence-corrected chi connectivity index (χ1v) is 7.51. The van der Waals surface area contributed by atoms with Crippen molar-refractivity contribution >= 4 is 27.3 Å². The normalized spacial score (nSPS) is 13.2. The maximum absolute atomic E-state index is 12.7. The Kier molecular flexibility index (Phi) is 4.90. The van der Waals surface area contributed by atoms with E-state index in [1.807, 2.05) is 6.07 Å². The van der Waals surface area contributed by atoms with Crippen LogP contribution in [0.25, 0.3) is 0 Å². The van der Waals surface area contributed by atoms with E-state index in [1.165, 1.54) is 13.3 Å². The number of nitrogens with one attached hydrogen (secondary N) is 1. The topological polar surface area (TPSA) is 34.2 Å². The molecular weight excluding hydrogens is 369 g/mol. The molecule has 2 aromatic rings. The van der Waals surface area contributed by atoms with Crippen LogP contribution in [0.1, 0.15) is 21.5 Å². The van der Waals surface area contributed by atoms with Gasteiger partial charge in [-0.2, -0.15) is 13.2 Å². The van der Waals surface area contributed by atoms with Gasteiger partial charge in [0.25, 0.3) is 0 Å². The second-order valence-electron chi connectivity index (χ2n) is 4.17. The van der Waals surface area contributed by atoms with Gasteiger partial charge in [0.15, 0.2) is 5.01 Å². The van der Waals surface area contributed by atoms with Crippen molar-refractivity contribution in [2.45, 2.75) is 12.2 Å². The summed E-state index contributed by atoms with van der Waals surface area (Å²) in [6, 6.07) is 4.97. The number of aromatic nitrogens is 1. The van der Waals surface area contributed by atoms with E-state index in [1.54, 1.807) is 19.2 Å². The number of benzene rings is 1. The number of hydrogen-bond donors (Lipinski definition) is 1. The van der Waals surface area contributed by atoms with Gasteiger partial charge >= 0.3 is 6.18 Å². The largest absolute Gasteiger partial charge is 0.496 e. The minimum atomic E-state index is -4.43. The highest BCUT2D eigenvalue weighted by Gasteiger charge is 2.35. The summed E-state index contributed by atoms with van der Waals surface area (Å²) in [7, 11) is 3.20. The van der Waals surface area contributed by atoms with Crippen molar-refractivity contribution in [3.63, 3.8) is 0 Å². The van der Waals surface area contributed by atoms with E-state index in [0.717, 1.165) is 10.0 Å². The molecule has 1 aromatic carbocycles. The first-order valence-electron chi connectivity index (χ1n) is 5.90. The van der Waals surface area contributed by atoms with Crippen LogP contribution in [0.5, 0.6) is 5.75 Å². The van der Waals surface area contributed by atoms with Crippen molar-refractivity contribution in [3.8, 4) is 5.75 Å². The van der Waals surface area contributed by atoms with Crippen LogP contribution in [0.3, 0.4) is 0 Å². The third-order valence-electron chi connectivity index (χ3n) is 2.85. The van der Waals surface area contributed by atoms with Crippen LogP contribution >= 0.6 is 27.3 Å². The smallest absolute Gasteiger partial charge is 0.443 e. The minimum Gasteiger partial charge on any atom is -0.496 e. The zero-order valence-corrected chi connectivity index (χ0v) is 13.6. The summed E-state index contributed by atoms with van der Waals surface area (Å²) < 4.78 is 44.1. The molecule has 1 unspecified atom stereocenters. The lowest BCUT2D eigenvalue weighted by molar-refractivity contribution is -0.137. The van der Waals surface area contributed by atoms with Crippen molar-refractivity contribution in [3.05, 3.63) is 44.3 Å². The van der Waals surface area contributed by atoms with Crippen molar-refractivity contribution in [1.29, 1.82) is 0 Å². The molecule has 3 nitrogen and oxygen atoms in total. The zero-order valence-electron chi connectivity index (χ0n) is 11.2. The molecule has 2 rings (SSSR count). The molecule has 21 heavy (non-hydrogen) atoms. The first kappa shape index (κ1) is 16.3. The summed E-state index contributed by atoms with van der Waals surface area (Å²) in [5.41, 5.74) is 0.751. The van der Waals surface area contributed by atoms with Crippen LogP contribution in [0, 0.1) is 0 Å². The number of ether oxygens (including phenoxy) is 1. The number of rotatable bonds is 4. The highest BCUT2D eigenvalue weighted by molar-refractivity contribution is 9.10. The molecule has 0 fully saturated rings. The average Bonchev–Trinajstić information content (AvgIpc) is 2.90. The van der Waals surface area contributed by atoms with Gasteiger partial charge in [0.1, 0.15) is 5.75 Å². The Morgan fingerprint density at radius 2 is 2.10 bits per heavy atom. The summed E-state index contributed by atoms with van der Waals surface area (Å²) in [5, 5.41) is 2.15. The Hall–Kier alpha value is -1.12. The Balaban J connectivity index is 2.42. The fourth-order valence-corrected chi connectivity index (χ4v) is 3.18. The van der Waals surface area contributed by atoms with Crippen LogP contribution in [0.4, 0.5) is 13.2 Å². The molecule has 114 valence electrons. The number of alkyl halides is 3. The van der Waals surface area contributed by atoms with E-state index in [4.69, 9.17) is 4.74 Å². The third kappa shape index (κ3) is 3.56. The summed E-state index contributed by atoms with van der Waals surface area (Å²) in [4.78, 5) is 3.94. The Morgan fingerprint density at radius 1 is 1.38 bits per heavy atom. The molecule has 8 heteroatoms. The van der Waals surface area contributed by atoms with Gasteiger partial charge in [-0.3, -0.25) is 0 Å². The van der Waals surface area contributed by atoms with Crippen LogP contribution in [0.15, 0.2) is 28.9 Å². The standard InChI is InChI=1S/C13H12BrF3N2OS/c1-18-11(8-4-3-7(14)5-9(8)20-2)10-6-19-12(21-10)13(15,16)17/h3-6,11,18H,1-2H3. The van der Waals surface area contributed by atoms with Crippen LogP contribution in [0.2, 0.25) is 0 Å². The number of thiazole rings is 1. The predicted octanol–water partition coefficient (Wildman–Crippen LogP) is 4.24. The monoisotopic (exact) mass is 380 g/mol. The lowest BCUT2D eigenvalue weighted by Gasteiger charge is -2.18. The van der Waals surface area contributed by atoms with Crippen LogP contribution < -0.4 is 10.1 Å². The molecule has 0 radical (unpaired) electrons. The summed E-state index contributed by atoms with van der Waals surface area (Å²) >= 11 is 3.96. The van der Waals surface area contributed by atoms with Gasteiger partial charge in [0.05, 0.1) is 13.2 Å². The summed E-state index contributed by atoms with van der Waals surface area (Å²) in [5.74, 6) is 0.589. The Labute approximate surface area is 132 Å². The number of methoxy groups -OCH3 is 1. The summed E-state index contributed by atoms with van der Waals surface area (Å²) in [6.07, 6.45) is -3.18. The maximum Gasteiger partial charge on any atom is 0.443 e. The van der Waals surface area contributed by atoms with Gasteiger partial charge in [-0.1, -0.05) is 22.0 Å². The molecule has 0 saturated carbocycles. The minimum absolute atomic E-state index is 0.415. The van der Waals surface area contributed by atoms with Gasteiger partial charge in [0, 0.05) is 21.1 Å². The van der Waals surface area contributed by atoms with Crippen LogP contribution in [-0.4, -0.2) is 19.1 Å². The lowest BCUT2D eigenvalue weighted by Crippen LogP contribution is -2.17. The van der Waals surface area contributed by atoms with Crippen molar-refractivity contribution in [1.82, 2.24) is 10.3 Å². The maximum atomic E-state index is 12.7. The predicted molar refractivity (Wildman–Crippen MR) is 78.7 cm³/mol. The molecule has 0 aliphatic heterocycles. The molecule has 1 heterocycles. The molecule has 0 bridgehead atoms. The average molecular weight is 381 g/mol. The second-order valence-corrected chi connectivity index (χ2v) is 6.15.